The molecule has 2 rings (SSSR count). The molecule has 0 amide bonds. The van der Waals surface area contributed by atoms with Crippen LogP contribution in [-0.2, 0) is 22.4 Å². The Morgan fingerprint density at radius 3 is 2.92 bits per heavy atom. The Kier molecular flexibility index (Phi) is 7.68. The van der Waals surface area contributed by atoms with Crippen molar-refractivity contribution in [2.24, 2.45) is 10.9 Å². The second-order valence-corrected chi connectivity index (χ2v) is 7.51. The highest BCUT2D eigenvalue weighted by molar-refractivity contribution is 7.11. The second kappa shape index (κ2) is 9.75. The normalized spacial score (nSPS) is 18.3. The van der Waals surface area contributed by atoms with Crippen LogP contribution in [0.3, 0.4) is 0 Å². The molecule has 1 unspecified atom stereocenters. The number of rotatable bonds is 6. The van der Waals surface area contributed by atoms with Crippen LogP contribution in [0.1, 0.15) is 42.3 Å². The number of aliphatic imine (C=N–C) groups is 1. The van der Waals surface area contributed by atoms with Crippen LogP contribution < -0.4 is 5.32 Å². The van der Waals surface area contributed by atoms with E-state index in [2.05, 4.69) is 34.0 Å². The number of carbonyl (C=O) groups excluding carboxylic acids is 1. The zero-order valence-electron chi connectivity index (χ0n) is 15.8. The fraction of sp³-hybridized carbons (Fsp3) is 0.722. The number of aromatic nitrogens is 1. The predicted molar refractivity (Wildman–Crippen MR) is 102 cm³/mol. The van der Waals surface area contributed by atoms with E-state index in [1.54, 1.807) is 18.4 Å². The van der Waals surface area contributed by atoms with Crippen molar-refractivity contribution in [2.75, 3.05) is 33.3 Å². The van der Waals surface area contributed by atoms with Crippen LogP contribution >= 0.6 is 11.3 Å². The zero-order chi connectivity index (χ0) is 18.2. The molecule has 7 heteroatoms. The van der Waals surface area contributed by atoms with Crippen LogP contribution in [0.4, 0.5) is 0 Å². The van der Waals surface area contributed by atoms with E-state index >= 15 is 0 Å². The molecule has 140 valence electrons. The standard InChI is InChI=1S/C18H30N4O2S/c1-5-15-13(3)25-16(21-15)9-10-20-18(19-4)22-11-7-8-14(12-22)17(23)24-6-2/h14H,5-12H2,1-4H3,(H,19,20). The number of hydrogen-bond acceptors (Lipinski definition) is 5. The van der Waals surface area contributed by atoms with Crippen molar-refractivity contribution in [3.05, 3.63) is 15.6 Å². The van der Waals surface area contributed by atoms with Gasteiger partial charge in [0.15, 0.2) is 5.96 Å². The third-order valence-corrected chi connectivity index (χ3v) is 5.52. The van der Waals surface area contributed by atoms with Crippen molar-refractivity contribution in [1.82, 2.24) is 15.2 Å². The summed E-state index contributed by atoms with van der Waals surface area (Å²) in [6.45, 7) is 8.96. The highest BCUT2D eigenvalue weighted by Gasteiger charge is 2.28. The van der Waals surface area contributed by atoms with Crippen molar-refractivity contribution in [2.45, 2.75) is 46.5 Å². The van der Waals surface area contributed by atoms with Gasteiger partial charge in [-0.15, -0.1) is 11.3 Å². The summed E-state index contributed by atoms with van der Waals surface area (Å²) in [5.41, 5.74) is 1.21. The molecule has 0 aliphatic carbocycles. The van der Waals surface area contributed by atoms with Crippen LogP contribution in [-0.4, -0.2) is 55.1 Å². The Bertz CT molecular complexity index is 600. The number of carbonyl (C=O) groups is 1. The molecule has 1 fully saturated rings. The lowest BCUT2D eigenvalue weighted by atomic mass is 9.98. The molecule has 1 aromatic rings. The van der Waals surface area contributed by atoms with Crippen molar-refractivity contribution in [3.63, 3.8) is 0 Å². The number of nitrogens with one attached hydrogen (secondary N) is 1. The van der Waals surface area contributed by atoms with Crippen molar-refractivity contribution in [1.29, 1.82) is 0 Å². The van der Waals surface area contributed by atoms with Gasteiger partial charge >= 0.3 is 5.97 Å². The first-order valence-electron chi connectivity index (χ1n) is 9.16. The quantitative estimate of drug-likeness (QED) is 0.476. The molecule has 2 heterocycles. The van der Waals surface area contributed by atoms with E-state index in [-0.39, 0.29) is 11.9 Å². The average Bonchev–Trinajstić information content (AvgIpc) is 2.99. The van der Waals surface area contributed by atoms with Gasteiger partial charge in [0, 0.05) is 38.0 Å². The van der Waals surface area contributed by atoms with Crippen LogP contribution in [0.5, 0.6) is 0 Å². The van der Waals surface area contributed by atoms with Crippen molar-refractivity contribution < 1.29 is 9.53 Å². The average molecular weight is 367 g/mol. The van der Waals surface area contributed by atoms with E-state index in [1.807, 2.05) is 6.92 Å². The summed E-state index contributed by atoms with van der Waals surface area (Å²) < 4.78 is 5.17. The zero-order valence-corrected chi connectivity index (χ0v) is 16.6. The molecule has 1 saturated heterocycles. The molecule has 1 N–H and O–H groups in total. The lowest BCUT2D eigenvalue weighted by molar-refractivity contribution is -0.149. The highest BCUT2D eigenvalue weighted by Crippen LogP contribution is 2.19. The topological polar surface area (TPSA) is 66.8 Å². The summed E-state index contributed by atoms with van der Waals surface area (Å²) >= 11 is 1.78. The molecular weight excluding hydrogens is 336 g/mol. The van der Waals surface area contributed by atoms with E-state index in [0.29, 0.717) is 13.2 Å². The summed E-state index contributed by atoms with van der Waals surface area (Å²) in [5, 5.41) is 4.58. The van der Waals surface area contributed by atoms with Gasteiger partial charge in [-0.3, -0.25) is 9.79 Å². The van der Waals surface area contributed by atoms with Gasteiger partial charge in [0.1, 0.15) is 0 Å². The molecular formula is C18H30N4O2S. The number of piperidine rings is 1. The second-order valence-electron chi connectivity index (χ2n) is 6.23. The minimum absolute atomic E-state index is 0.0547. The Labute approximate surface area is 154 Å². The molecule has 1 aromatic heterocycles. The van der Waals surface area contributed by atoms with Crippen molar-refractivity contribution >= 4 is 23.3 Å². The molecule has 1 aliphatic rings. The lowest BCUT2D eigenvalue weighted by Crippen LogP contribution is -2.48. The number of hydrogen-bond donors (Lipinski definition) is 1. The maximum absolute atomic E-state index is 12.0. The molecule has 0 bridgehead atoms. The molecule has 6 nitrogen and oxygen atoms in total. The summed E-state index contributed by atoms with van der Waals surface area (Å²) in [6, 6.07) is 0. The fourth-order valence-corrected chi connectivity index (χ4v) is 4.18. The maximum Gasteiger partial charge on any atom is 0.310 e. The number of guanidine groups is 1. The molecule has 25 heavy (non-hydrogen) atoms. The van der Waals surface area contributed by atoms with Gasteiger partial charge in [0.25, 0.3) is 0 Å². The monoisotopic (exact) mass is 366 g/mol. The minimum Gasteiger partial charge on any atom is -0.466 e. The number of thiazole rings is 1. The number of ether oxygens (including phenoxy) is 1. The molecule has 0 spiro atoms. The Hall–Kier alpha value is -1.63. The minimum atomic E-state index is -0.0898. The number of likely N-dealkylation sites (tertiary alicyclic amines) is 1. The molecule has 0 radical (unpaired) electrons. The van der Waals surface area contributed by atoms with Gasteiger partial charge < -0.3 is 15.0 Å². The smallest absolute Gasteiger partial charge is 0.310 e. The van der Waals surface area contributed by atoms with Gasteiger partial charge in [-0.05, 0) is 33.1 Å². The Morgan fingerprint density at radius 2 is 2.28 bits per heavy atom. The number of aryl methyl sites for hydroxylation is 2. The van der Waals surface area contributed by atoms with Crippen molar-refractivity contribution in [3.8, 4) is 0 Å². The van der Waals surface area contributed by atoms with Gasteiger partial charge in [-0.2, -0.15) is 0 Å². The Morgan fingerprint density at radius 1 is 1.48 bits per heavy atom. The summed E-state index contributed by atoms with van der Waals surface area (Å²) in [5.74, 6) is 0.715. The Balaban J connectivity index is 1.85. The third kappa shape index (κ3) is 5.42. The first-order valence-corrected chi connectivity index (χ1v) is 9.98. The first kappa shape index (κ1) is 19.7. The van der Waals surface area contributed by atoms with Crippen LogP contribution in [0.2, 0.25) is 0 Å². The van der Waals surface area contributed by atoms with E-state index in [0.717, 1.165) is 44.7 Å². The summed E-state index contributed by atoms with van der Waals surface area (Å²) in [7, 11) is 1.79. The van der Waals surface area contributed by atoms with Gasteiger partial charge in [-0.1, -0.05) is 6.92 Å². The predicted octanol–water partition coefficient (Wildman–Crippen LogP) is 2.41. The molecule has 1 atom stereocenters. The lowest BCUT2D eigenvalue weighted by Gasteiger charge is -2.33. The maximum atomic E-state index is 12.0. The number of esters is 1. The fourth-order valence-electron chi connectivity index (χ4n) is 3.16. The van der Waals surface area contributed by atoms with Crippen LogP contribution in [0.25, 0.3) is 0 Å². The van der Waals surface area contributed by atoms with E-state index in [1.165, 1.54) is 15.6 Å². The molecule has 1 aliphatic heterocycles. The van der Waals surface area contributed by atoms with Gasteiger partial charge in [0.05, 0.1) is 23.2 Å². The first-order chi connectivity index (χ1) is 12.1. The van der Waals surface area contributed by atoms with E-state index < -0.39 is 0 Å². The van der Waals surface area contributed by atoms with Crippen LogP contribution in [0.15, 0.2) is 4.99 Å². The van der Waals surface area contributed by atoms with Gasteiger partial charge in [0.2, 0.25) is 0 Å². The SMILES string of the molecule is CCOC(=O)C1CCCN(C(=NC)NCCc2nc(CC)c(C)s2)C1. The largest absolute Gasteiger partial charge is 0.466 e. The summed E-state index contributed by atoms with van der Waals surface area (Å²) in [6.07, 6.45) is 3.75. The molecule has 0 aromatic carbocycles. The molecule has 0 saturated carbocycles. The van der Waals surface area contributed by atoms with Crippen LogP contribution in [0, 0.1) is 12.8 Å². The number of nitrogens with zero attached hydrogens (tertiary/aromatic N) is 3. The third-order valence-electron chi connectivity index (χ3n) is 4.45. The van der Waals surface area contributed by atoms with E-state index in [9.17, 15) is 4.79 Å². The van der Waals surface area contributed by atoms with E-state index in [4.69, 9.17) is 4.74 Å². The van der Waals surface area contributed by atoms with Gasteiger partial charge in [-0.25, -0.2) is 4.98 Å². The highest BCUT2D eigenvalue weighted by atomic mass is 32.1. The summed E-state index contributed by atoms with van der Waals surface area (Å²) in [4.78, 5) is 24.5.